The Morgan fingerprint density at radius 3 is 2.35 bits per heavy atom. The smallest absolute Gasteiger partial charge is 0.387 e. The predicted octanol–water partition coefficient (Wildman–Crippen LogP) is 3.37. The number of aliphatic hydroxyl groups excluding tert-OH is 1. The number of carbonyl (C=O) groups excluding carboxylic acids is 3. The van der Waals surface area contributed by atoms with Crippen LogP contribution in [0, 0.1) is 11.6 Å². The standard InChI is InChI=1S/C30H31ClF4N6O5/c1-38-21(19-6-7-23(46-30(34)35)25(33)24(19)32)14-36-26(38)27(43)37-16-4-5-18(20(31)12-16)28(44)39-8-10-40(11-9-39)29(45)22-13-17(42)15-41(22,2)3/h4-7,12,14,17,22,30,42H,8-11,13,15H2,1-3H3/p+1/t17-,22+/m1/s1. The van der Waals surface area contributed by atoms with Crippen LogP contribution in [0.4, 0.5) is 23.2 Å². The highest BCUT2D eigenvalue weighted by Gasteiger charge is 2.46. The van der Waals surface area contributed by atoms with E-state index in [0.717, 1.165) is 18.3 Å². The number of likely N-dealkylation sites (N-methyl/N-ethyl adjacent to an activating group) is 1. The number of carbonyl (C=O) groups is 3. The molecule has 11 nitrogen and oxygen atoms in total. The first-order chi connectivity index (χ1) is 21.7. The van der Waals surface area contributed by atoms with Gasteiger partial charge in [0, 0.05) is 50.9 Å². The number of amides is 3. The summed E-state index contributed by atoms with van der Waals surface area (Å²) in [5, 5.41) is 12.7. The van der Waals surface area contributed by atoms with Gasteiger partial charge in [-0.1, -0.05) is 11.6 Å². The van der Waals surface area contributed by atoms with Crippen molar-refractivity contribution in [3.8, 4) is 17.0 Å². The molecule has 3 amide bonds. The van der Waals surface area contributed by atoms with Gasteiger partial charge >= 0.3 is 6.61 Å². The molecule has 2 aliphatic heterocycles. The van der Waals surface area contributed by atoms with Crippen molar-refractivity contribution in [3.63, 3.8) is 0 Å². The van der Waals surface area contributed by atoms with Crippen molar-refractivity contribution in [1.29, 1.82) is 0 Å². The Morgan fingerprint density at radius 1 is 1.07 bits per heavy atom. The molecular formula is C30H32ClF4N6O5+. The Kier molecular flexibility index (Phi) is 9.29. The van der Waals surface area contributed by atoms with Crippen LogP contribution in [0.3, 0.4) is 0 Å². The summed E-state index contributed by atoms with van der Waals surface area (Å²) in [4.78, 5) is 46.7. The van der Waals surface area contributed by atoms with Crippen molar-refractivity contribution >= 4 is 35.0 Å². The minimum atomic E-state index is -3.34. The van der Waals surface area contributed by atoms with E-state index in [1.54, 1.807) is 9.80 Å². The second kappa shape index (κ2) is 12.9. The summed E-state index contributed by atoms with van der Waals surface area (Å²) >= 11 is 6.43. The summed E-state index contributed by atoms with van der Waals surface area (Å²) in [5.41, 5.74) is 0.100. The number of aliphatic hydroxyl groups is 1. The summed E-state index contributed by atoms with van der Waals surface area (Å²) in [6, 6.07) is 5.87. The highest BCUT2D eigenvalue weighted by atomic mass is 35.5. The van der Waals surface area contributed by atoms with E-state index in [2.05, 4.69) is 15.0 Å². The molecule has 0 spiro atoms. The third-order valence-electron chi connectivity index (χ3n) is 8.37. The summed E-state index contributed by atoms with van der Waals surface area (Å²) in [5.74, 6) is -5.31. The van der Waals surface area contributed by atoms with Gasteiger partial charge in [0.05, 0.1) is 36.6 Å². The molecule has 2 atom stereocenters. The first kappa shape index (κ1) is 33.2. The molecule has 16 heteroatoms. The average Bonchev–Trinajstić information content (AvgIpc) is 3.51. The molecular weight excluding hydrogens is 636 g/mol. The van der Waals surface area contributed by atoms with Crippen molar-refractivity contribution in [2.45, 2.75) is 25.2 Å². The number of anilines is 1. The molecule has 0 saturated carbocycles. The van der Waals surface area contributed by atoms with Crippen molar-refractivity contribution in [3.05, 3.63) is 64.6 Å². The van der Waals surface area contributed by atoms with Crippen LogP contribution in [-0.2, 0) is 11.8 Å². The van der Waals surface area contributed by atoms with Gasteiger partial charge in [-0.2, -0.15) is 13.2 Å². The molecule has 0 aliphatic carbocycles. The molecule has 1 aromatic heterocycles. The van der Waals surface area contributed by atoms with E-state index in [0.29, 0.717) is 43.6 Å². The Hall–Kier alpha value is -4.21. The number of hydrogen-bond acceptors (Lipinski definition) is 6. The van der Waals surface area contributed by atoms with E-state index in [-0.39, 0.29) is 51.2 Å². The fourth-order valence-corrected chi connectivity index (χ4v) is 6.20. The monoisotopic (exact) mass is 667 g/mol. The third kappa shape index (κ3) is 6.52. The number of nitrogens with zero attached hydrogens (tertiary/aromatic N) is 5. The van der Waals surface area contributed by atoms with Crippen molar-refractivity contribution < 1.29 is 46.3 Å². The Bertz CT molecular complexity index is 1680. The molecule has 2 aliphatic rings. The van der Waals surface area contributed by atoms with Crippen LogP contribution in [-0.4, -0.2) is 112 Å². The van der Waals surface area contributed by atoms with E-state index in [1.807, 2.05) is 14.1 Å². The number of rotatable bonds is 7. The number of likely N-dealkylation sites (tertiary alicyclic amines) is 1. The normalized spacial score (nSPS) is 19.4. The van der Waals surface area contributed by atoms with Crippen LogP contribution in [0.15, 0.2) is 36.5 Å². The first-order valence-electron chi connectivity index (χ1n) is 14.3. The van der Waals surface area contributed by atoms with Crippen LogP contribution >= 0.6 is 11.6 Å². The zero-order valence-corrected chi connectivity index (χ0v) is 25.9. The number of nitrogens with one attached hydrogen (secondary N) is 1. The molecule has 246 valence electrons. The molecule has 2 N–H and O–H groups in total. The molecule has 0 radical (unpaired) electrons. The van der Waals surface area contributed by atoms with Gasteiger partial charge in [-0.25, -0.2) is 9.37 Å². The van der Waals surface area contributed by atoms with Gasteiger partial charge in [0.15, 0.2) is 23.4 Å². The zero-order valence-electron chi connectivity index (χ0n) is 25.1. The molecule has 46 heavy (non-hydrogen) atoms. The topological polar surface area (TPSA) is 117 Å². The molecule has 3 aromatic rings. The van der Waals surface area contributed by atoms with E-state index >= 15 is 0 Å². The highest BCUT2D eigenvalue weighted by Crippen LogP contribution is 2.31. The van der Waals surface area contributed by atoms with Crippen molar-refractivity contribution in [2.75, 3.05) is 52.1 Å². The van der Waals surface area contributed by atoms with E-state index in [9.17, 15) is 37.1 Å². The maximum Gasteiger partial charge on any atom is 0.387 e. The van der Waals surface area contributed by atoms with Crippen molar-refractivity contribution in [2.24, 2.45) is 7.05 Å². The number of halogens is 5. The van der Waals surface area contributed by atoms with Gasteiger partial charge in [0.1, 0.15) is 12.6 Å². The first-order valence-corrected chi connectivity index (χ1v) is 14.7. The summed E-state index contributed by atoms with van der Waals surface area (Å²) in [6.45, 7) is -1.54. The minimum absolute atomic E-state index is 0.00506. The fraction of sp³-hybridized carbons (Fsp3) is 0.400. The second-order valence-electron chi connectivity index (χ2n) is 11.8. The van der Waals surface area contributed by atoms with Crippen molar-refractivity contribution in [1.82, 2.24) is 19.4 Å². The average molecular weight is 668 g/mol. The van der Waals surface area contributed by atoms with Gasteiger partial charge in [-0.3, -0.25) is 14.4 Å². The molecule has 2 saturated heterocycles. The Balaban J connectivity index is 1.22. The van der Waals surface area contributed by atoms with Gasteiger partial charge in [-0.15, -0.1) is 0 Å². The highest BCUT2D eigenvalue weighted by molar-refractivity contribution is 6.34. The molecule has 0 bridgehead atoms. The molecule has 2 fully saturated rings. The van der Waals surface area contributed by atoms with Crippen LogP contribution in [0.5, 0.6) is 5.75 Å². The number of ether oxygens (including phenoxy) is 1. The summed E-state index contributed by atoms with van der Waals surface area (Å²) < 4.78 is 59.4. The SMILES string of the molecule is Cn1c(-c2ccc(OC(F)F)c(F)c2F)cnc1C(=O)Nc1ccc(C(=O)N2CCN(C(=O)[C@@H]3C[C@@H](O)C[N+]3(C)C)CC2)c(Cl)c1. The summed E-state index contributed by atoms with van der Waals surface area (Å²) in [7, 11) is 5.22. The van der Waals surface area contributed by atoms with Gasteiger partial charge in [-0.05, 0) is 30.3 Å². The number of aromatic nitrogens is 2. The Labute approximate surface area is 266 Å². The van der Waals surface area contributed by atoms with Crippen LogP contribution in [0.2, 0.25) is 5.02 Å². The number of hydrogen-bond donors (Lipinski definition) is 2. The van der Waals surface area contributed by atoms with Crippen LogP contribution < -0.4 is 10.1 Å². The van der Waals surface area contributed by atoms with E-state index < -0.39 is 36.0 Å². The molecule has 5 rings (SSSR count). The molecule has 3 heterocycles. The van der Waals surface area contributed by atoms with Gasteiger partial charge < -0.3 is 34.0 Å². The number of alkyl halides is 2. The maximum atomic E-state index is 14.7. The Morgan fingerprint density at radius 2 is 1.74 bits per heavy atom. The predicted molar refractivity (Wildman–Crippen MR) is 158 cm³/mol. The second-order valence-corrected chi connectivity index (χ2v) is 12.2. The number of imidazole rings is 1. The minimum Gasteiger partial charge on any atom is -0.432 e. The maximum absolute atomic E-state index is 14.7. The van der Waals surface area contributed by atoms with E-state index in [1.165, 1.54) is 29.8 Å². The zero-order chi connectivity index (χ0) is 33.5. The lowest BCUT2D eigenvalue weighted by Gasteiger charge is -2.38. The lowest BCUT2D eigenvalue weighted by atomic mass is 10.1. The number of benzene rings is 2. The number of quaternary nitrogens is 1. The molecule has 2 aromatic carbocycles. The van der Waals surface area contributed by atoms with E-state index in [4.69, 9.17) is 11.6 Å². The van der Waals surface area contributed by atoms with Gasteiger partial charge in [0.2, 0.25) is 5.82 Å². The molecule has 0 unspecified atom stereocenters. The number of piperazine rings is 1. The fourth-order valence-electron chi connectivity index (χ4n) is 5.94. The largest absolute Gasteiger partial charge is 0.432 e. The quantitative estimate of drug-likeness (QED) is 0.295. The lowest BCUT2D eigenvalue weighted by Crippen LogP contribution is -2.58. The third-order valence-corrected chi connectivity index (χ3v) is 8.68. The lowest BCUT2D eigenvalue weighted by molar-refractivity contribution is -0.894. The van der Waals surface area contributed by atoms with Crippen LogP contribution in [0.25, 0.3) is 11.3 Å². The van der Waals surface area contributed by atoms with Gasteiger partial charge in [0.25, 0.3) is 17.7 Å². The van der Waals surface area contributed by atoms with Crippen LogP contribution in [0.1, 0.15) is 27.4 Å². The summed E-state index contributed by atoms with van der Waals surface area (Å²) in [6.07, 6.45) is 0.999.